The highest BCUT2D eigenvalue weighted by atomic mass is 35.5. The maximum atomic E-state index is 11.4. The Bertz CT molecular complexity index is 446. The number of anilines is 1. The minimum atomic E-state index is -0.291. The number of halogens is 1. The molecule has 0 radical (unpaired) electrons. The van der Waals surface area contributed by atoms with Gasteiger partial charge in [-0.3, -0.25) is 4.79 Å². The summed E-state index contributed by atoms with van der Waals surface area (Å²) in [5.41, 5.74) is -0.291. The Kier molecular flexibility index (Phi) is 3.72. The third-order valence-electron chi connectivity index (χ3n) is 3.83. The molecule has 1 aliphatic carbocycles. The Morgan fingerprint density at radius 2 is 2.24 bits per heavy atom. The van der Waals surface area contributed by atoms with E-state index in [0.717, 1.165) is 6.42 Å². The zero-order valence-electron chi connectivity index (χ0n) is 10.2. The molecule has 4 nitrogen and oxygen atoms in total. The van der Waals surface area contributed by atoms with Crippen LogP contribution in [0, 0.1) is 11.8 Å². The number of nitrogens with one attached hydrogen (secondary N) is 2. The van der Waals surface area contributed by atoms with Crippen LogP contribution in [-0.2, 0) is 0 Å². The molecule has 1 aliphatic rings. The van der Waals surface area contributed by atoms with Gasteiger partial charge >= 0.3 is 0 Å². The summed E-state index contributed by atoms with van der Waals surface area (Å²) in [5, 5.41) is 3.46. The van der Waals surface area contributed by atoms with Gasteiger partial charge in [0.2, 0.25) is 0 Å². The first-order valence-electron chi connectivity index (χ1n) is 6.09. The normalized spacial score (nSPS) is 29.0. The molecule has 94 valence electrons. The minimum Gasteiger partial charge on any atom is -0.366 e. The molecule has 0 saturated heterocycles. The number of rotatable bonds is 2. The number of hydrogen-bond acceptors (Lipinski definition) is 3. The van der Waals surface area contributed by atoms with E-state index in [0.29, 0.717) is 23.7 Å². The molecular formula is C12H18ClN3O. The molecule has 1 heterocycles. The fraction of sp³-hybridized carbons (Fsp3) is 0.667. The van der Waals surface area contributed by atoms with E-state index in [1.165, 1.54) is 19.2 Å². The summed E-state index contributed by atoms with van der Waals surface area (Å²) < 4.78 is 0. The van der Waals surface area contributed by atoms with E-state index in [-0.39, 0.29) is 10.6 Å². The summed E-state index contributed by atoms with van der Waals surface area (Å²) in [6, 6.07) is 0.352. The van der Waals surface area contributed by atoms with Gasteiger partial charge in [0.15, 0.2) is 5.82 Å². The van der Waals surface area contributed by atoms with Crippen LogP contribution in [0.2, 0.25) is 5.02 Å². The molecule has 1 saturated carbocycles. The first-order chi connectivity index (χ1) is 8.09. The Balaban J connectivity index is 2.15. The molecule has 1 aromatic rings. The second-order valence-electron chi connectivity index (χ2n) is 4.91. The van der Waals surface area contributed by atoms with Crippen LogP contribution in [0.15, 0.2) is 11.1 Å². The highest BCUT2D eigenvalue weighted by Gasteiger charge is 2.27. The topological polar surface area (TPSA) is 57.8 Å². The van der Waals surface area contributed by atoms with Gasteiger partial charge in [-0.1, -0.05) is 38.3 Å². The zero-order valence-corrected chi connectivity index (χ0v) is 10.9. The lowest BCUT2D eigenvalue weighted by Gasteiger charge is -2.34. The average molecular weight is 256 g/mol. The van der Waals surface area contributed by atoms with Gasteiger partial charge < -0.3 is 10.3 Å². The van der Waals surface area contributed by atoms with Crippen LogP contribution in [-0.4, -0.2) is 16.0 Å². The van der Waals surface area contributed by atoms with Gasteiger partial charge in [0.05, 0.1) is 6.33 Å². The van der Waals surface area contributed by atoms with Crippen LogP contribution in [0.3, 0.4) is 0 Å². The molecule has 3 unspecified atom stereocenters. The second kappa shape index (κ2) is 5.08. The fourth-order valence-electron chi connectivity index (χ4n) is 2.44. The molecule has 0 aliphatic heterocycles. The number of aromatic amines is 1. The van der Waals surface area contributed by atoms with Crippen molar-refractivity contribution >= 4 is 17.4 Å². The van der Waals surface area contributed by atoms with E-state index < -0.39 is 0 Å². The van der Waals surface area contributed by atoms with Gasteiger partial charge in [-0.05, 0) is 18.3 Å². The molecule has 2 N–H and O–H groups in total. The maximum absolute atomic E-state index is 11.4. The van der Waals surface area contributed by atoms with Crippen LogP contribution >= 0.6 is 11.6 Å². The zero-order chi connectivity index (χ0) is 12.4. The van der Waals surface area contributed by atoms with Gasteiger partial charge in [0.25, 0.3) is 5.56 Å². The predicted octanol–water partition coefficient (Wildman–Crippen LogP) is 2.66. The first kappa shape index (κ1) is 12.4. The quantitative estimate of drug-likeness (QED) is 0.854. The molecule has 0 spiro atoms. The van der Waals surface area contributed by atoms with Crippen molar-refractivity contribution in [3.8, 4) is 0 Å². The van der Waals surface area contributed by atoms with E-state index >= 15 is 0 Å². The van der Waals surface area contributed by atoms with Gasteiger partial charge in [0, 0.05) is 6.04 Å². The van der Waals surface area contributed by atoms with E-state index in [1.807, 2.05) is 0 Å². The largest absolute Gasteiger partial charge is 0.366 e. The monoisotopic (exact) mass is 255 g/mol. The van der Waals surface area contributed by atoms with Crippen molar-refractivity contribution in [1.82, 2.24) is 9.97 Å². The Hall–Kier alpha value is -1.03. The lowest BCUT2D eigenvalue weighted by atomic mass is 9.78. The Morgan fingerprint density at radius 3 is 3.00 bits per heavy atom. The van der Waals surface area contributed by atoms with Crippen molar-refractivity contribution in [2.45, 2.75) is 39.2 Å². The molecule has 2 rings (SSSR count). The van der Waals surface area contributed by atoms with Gasteiger partial charge in [0.1, 0.15) is 5.02 Å². The number of H-pyrrole nitrogens is 1. The van der Waals surface area contributed by atoms with Crippen molar-refractivity contribution in [1.29, 1.82) is 0 Å². The van der Waals surface area contributed by atoms with E-state index in [1.54, 1.807) is 0 Å². The number of nitrogens with zero attached hydrogens (tertiary/aromatic N) is 1. The van der Waals surface area contributed by atoms with Crippen LogP contribution in [0.4, 0.5) is 5.82 Å². The summed E-state index contributed by atoms with van der Waals surface area (Å²) in [4.78, 5) is 17.9. The predicted molar refractivity (Wildman–Crippen MR) is 69.5 cm³/mol. The highest BCUT2D eigenvalue weighted by Crippen LogP contribution is 2.31. The van der Waals surface area contributed by atoms with Crippen molar-refractivity contribution in [2.75, 3.05) is 5.32 Å². The van der Waals surface area contributed by atoms with Crippen molar-refractivity contribution in [2.24, 2.45) is 11.8 Å². The van der Waals surface area contributed by atoms with Crippen LogP contribution in [0.5, 0.6) is 0 Å². The molecule has 17 heavy (non-hydrogen) atoms. The van der Waals surface area contributed by atoms with Gasteiger partial charge in [-0.25, -0.2) is 4.98 Å². The summed E-state index contributed by atoms with van der Waals surface area (Å²) in [6.45, 7) is 4.51. The molecule has 3 atom stereocenters. The lowest BCUT2D eigenvalue weighted by Crippen LogP contribution is -2.35. The van der Waals surface area contributed by atoms with E-state index in [9.17, 15) is 4.79 Å². The first-order valence-corrected chi connectivity index (χ1v) is 6.47. The maximum Gasteiger partial charge on any atom is 0.271 e. The van der Waals surface area contributed by atoms with Crippen molar-refractivity contribution in [3.63, 3.8) is 0 Å². The summed E-state index contributed by atoms with van der Waals surface area (Å²) in [7, 11) is 0. The number of hydrogen-bond donors (Lipinski definition) is 2. The van der Waals surface area contributed by atoms with Crippen LogP contribution < -0.4 is 10.9 Å². The summed E-state index contributed by atoms with van der Waals surface area (Å²) in [6.07, 6.45) is 4.98. The van der Waals surface area contributed by atoms with E-state index in [4.69, 9.17) is 11.6 Å². The molecule has 1 aromatic heterocycles. The Labute approximate surface area is 106 Å². The number of aromatic nitrogens is 2. The molecule has 0 aromatic carbocycles. The minimum absolute atomic E-state index is 0.151. The van der Waals surface area contributed by atoms with Crippen LogP contribution in [0.1, 0.15) is 33.1 Å². The second-order valence-corrected chi connectivity index (χ2v) is 5.29. The molecule has 1 fully saturated rings. The standard InChI is InChI=1S/C12H18ClN3O/c1-7-4-3-5-9(8(7)2)16-11-10(13)12(17)15-6-14-11/h6-9H,3-5H2,1-2H3,(H2,14,15,16,17). The van der Waals surface area contributed by atoms with Gasteiger partial charge in [-0.15, -0.1) is 0 Å². The summed E-state index contributed by atoms with van der Waals surface area (Å²) in [5.74, 6) is 1.77. The van der Waals surface area contributed by atoms with Crippen molar-refractivity contribution in [3.05, 3.63) is 21.7 Å². The fourth-order valence-corrected chi connectivity index (χ4v) is 2.60. The van der Waals surface area contributed by atoms with Crippen molar-refractivity contribution < 1.29 is 0 Å². The SMILES string of the molecule is CC1CCCC(Nc2nc[nH]c(=O)c2Cl)C1C. The third kappa shape index (κ3) is 2.63. The molecule has 5 heteroatoms. The molecule has 0 amide bonds. The average Bonchev–Trinajstić information content (AvgIpc) is 2.31. The van der Waals surface area contributed by atoms with E-state index in [2.05, 4.69) is 29.1 Å². The van der Waals surface area contributed by atoms with Crippen LogP contribution in [0.25, 0.3) is 0 Å². The summed E-state index contributed by atoms with van der Waals surface area (Å²) >= 11 is 5.93. The molecular weight excluding hydrogens is 238 g/mol. The third-order valence-corrected chi connectivity index (χ3v) is 4.18. The smallest absolute Gasteiger partial charge is 0.271 e. The lowest BCUT2D eigenvalue weighted by molar-refractivity contribution is 0.253. The van der Waals surface area contributed by atoms with Gasteiger partial charge in [-0.2, -0.15) is 0 Å². The Morgan fingerprint density at radius 1 is 1.47 bits per heavy atom. The highest BCUT2D eigenvalue weighted by molar-refractivity contribution is 6.32. The molecule has 0 bridgehead atoms.